The number of aliphatic hydroxyl groups is 1. The zero-order chi connectivity index (χ0) is 16.8. The van der Waals surface area contributed by atoms with Crippen LogP contribution >= 0.6 is 0 Å². The average Bonchev–Trinajstić information content (AvgIpc) is 2.64. The maximum absolute atomic E-state index is 13.0. The Balaban J connectivity index is 1.58. The highest BCUT2D eigenvalue weighted by molar-refractivity contribution is 5.88. The van der Waals surface area contributed by atoms with Crippen molar-refractivity contribution in [3.8, 4) is 0 Å². The standard InChI is InChI=1S/C20H30N2O2/c23-18-9-14-22(15-10-18)16-13-21-19(24)20(11-5-2-6-12-20)17-7-3-1-4-8-17/h1,3-4,7-8,18,23H,2,5-6,9-16H2,(H,21,24). The zero-order valence-electron chi connectivity index (χ0n) is 14.5. The van der Waals surface area contributed by atoms with Gasteiger partial charge in [-0.15, -0.1) is 0 Å². The third-order valence-corrected chi connectivity index (χ3v) is 5.74. The van der Waals surface area contributed by atoms with Gasteiger partial charge in [0.05, 0.1) is 11.5 Å². The number of rotatable bonds is 5. The van der Waals surface area contributed by atoms with Gasteiger partial charge in [0.15, 0.2) is 0 Å². The first-order valence-corrected chi connectivity index (χ1v) is 9.45. The van der Waals surface area contributed by atoms with E-state index in [1.165, 1.54) is 12.0 Å². The van der Waals surface area contributed by atoms with Gasteiger partial charge in [-0.2, -0.15) is 0 Å². The molecule has 2 N–H and O–H groups in total. The van der Waals surface area contributed by atoms with Gasteiger partial charge >= 0.3 is 0 Å². The number of benzene rings is 1. The SMILES string of the molecule is O=C(NCCN1CCC(O)CC1)C1(c2ccccc2)CCCCC1. The highest BCUT2D eigenvalue weighted by Gasteiger charge is 2.40. The summed E-state index contributed by atoms with van der Waals surface area (Å²) in [6.45, 7) is 3.44. The fourth-order valence-corrected chi connectivity index (χ4v) is 4.20. The number of likely N-dealkylation sites (tertiary alicyclic amines) is 1. The van der Waals surface area contributed by atoms with E-state index in [-0.39, 0.29) is 17.4 Å². The molecule has 0 radical (unpaired) electrons. The lowest BCUT2D eigenvalue weighted by molar-refractivity contribution is -0.128. The van der Waals surface area contributed by atoms with Crippen molar-refractivity contribution in [1.29, 1.82) is 0 Å². The van der Waals surface area contributed by atoms with E-state index in [1.807, 2.05) is 18.2 Å². The van der Waals surface area contributed by atoms with E-state index < -0.39 is 0 Å². The number of nitrogens with one attached hydrogen (secondary N) is 1. The lowest BCUT2D eigenvalue weighted by Crippen LogP contribution is -2.48. The molecule has 3 rings (SSSR count). The Morgan fingerprint density at radius 3 is 2.46 bits per heavy atom. The van der Waals surface area contributed by atoms with E-state index in [4.69, 9.17) is 0 Å². The van der Waals surface area contributed by atoms with Crippen molar-refractivity contribution in [2.75, 3.05) is 26.2 Å². The van der Waals surface area contributed by atoms with Crippen molar-refractivity contribution < 1.29 is 9.90 Å². The summed E-state index contributed by atoms with van der Waals surface area (Å²) in [6.07, 6.45) is 6.97. The van der Waals surface area contributed by atoms with Gasteiger partial charge in [-0.25, -0.2) is 0 Å². The molecule has 0 unspecified atom stereocenters. The molecule has 1 saturated carbocycles. The Kier molecular flexibility index (Phi) is 5.90. The molecule has 1 aromatic rings. The maximum atomic E-state index is 13.0. The molecule has 1 heterocycles. The van der Waals surface area contributed by atoms with Crippen molar-refractivity contribution in [2.45, 2.75) is 56.5 Å². The van der Waals surface area contributed by atoms with Crippen LogP contribution in [0.15, 0.2) is 30.3 Å². The van der Waals surface area contributed by atoms with Crippen LogP contribution in [0, 0.1) is 0 Å². The number of piperidine rings is 1. The quantitative estimate of drug-likeness (QED) is 0.872. The molecule has 1 aliphatic heterocycles. The summed E-state index contributed by atoms with van der Waals surface area (Å²) < 4.78 is 0. The number of carbonyl (C=O) groups excluding carboxylic acids is 1. The summed E-state index contributed by atoms with van der Waals surface area (Å²) in [5, 5.41) is 12.8. The van der Waals surface area contributed by atoms with Crippen LogP contribution in [0.4, 0.5) is 0 Å². The zero-order valence-corrected chi connectivity index (χ0v) is 14.5. The number of nitrogens with zero attached hydrogens (tertiary/aromatic N) is 1. The molecule has 0 bridgehead atoms. The van der Waals surface area contributed by atoms with Crippen LogP contribution in [0.5, 0.6) is 0 Å². The summed E-state index contributed by atoms with van der Waals surface area (Å²) in [5.41, 5.74) is 0.834. The predicted octanol–water partition coefficient (Wildman–Crippen LogP) is 2.46. The highest BCUT2D eigenvalue weighted by Crippen LogP contribution is 2.39. The molecule has 1 amide bonds. The van der Waals surface area contributed by atoms with Crippen molar-refractivity contribution >= 4 is 5.91 Å². The van der Waals surface area contributed by atoms with Crippen molar-refractivity contribution in [2.24, 2.45) is 0 Å². The van der Waals surface area contributed by atoms with E-state index in [0.717, 1.165) is 58.2 Å². The van der Waals surface area contributed by atoms with Crippen LogP contribution in [-0.2, 0) is 10.2 Å². The Bertz CT molecular complexity index is 518. The number of amides is 1. The molecule has 24 heavy (non-hydrogen) atoms. The summed E-state index contributed by atoms with van der Waals surface area (Å²) in [5.74, 6) is 0.199. The minimum Gasteiger partial charge on any atom is -0.393 e. The molecule has 1 aromatic carbocycles. The fourth-order valence-electron chi connectivity index (χ4n) is 4.20. The van der Waals surface area contributed by atoms with E-state index in [9.17, 15) is 9.90 Å². The first-order chi connectivity index (χ1) is 11.7. The molecule has 0 atom stereocenters. The van der Waals surface area contributed by atoms with Gasteiger partial charge in [0.25, 0.3) is 0 Å². The number of hydrogen-bond acceptors (Lipinski definition) is 3. The first kappa shape index (κ1) is 17.4. The number of carbonyl (C=O) groups is 1. The summed E-state index contributed by atoms with van der Waals surface area (Å²) in [4.78, 5) is 15.4. The third kappa shape index (κ3) is 3.98. The van der Waals surface area contributed by atoms with Crippen LogP contribution in [0.2, 0.25) is 0 Å². The van der Waals surface area contributed by atoms with Gasteiger partial charge in [-0.3, -0.25) is 4.79 Å². The van der Waals surface area contributed by atoms with E-state index in [2.05, 4.69) is 22.3 Å². The lowest BCUT2D eigenvalue weighted by atomic mass is 9.68. The minimum absolute atomic E-state index is 0.139. The second-order valence-electron chi connectivity index (χ2n) is 7.34. The second-order valence-corrected chi connectivity index (χ2v) is 7.34. The van der Waals surface area contributed by atoms with Gasteiger partial charge in [-0.1, -0.05) is 49.6 Å². The Labute approximate surface area is 145 Å². The van der Waals surface area contributed by atoms with Gasteiger partial charge in [0.2, 0.25) is 5.91 Å². The minimum atomic E-state index is -0.336. The van der Waals surface area contributed by atoms with Crippen LogP contribution in [-0.4, -0.2) is 48.2 Å². The molecule has 0 aromatic heterocycles. The van der Waals surface area contributed by atoms with Crippen molar-refractivity contribution in [1.82, 2.24) is 10.2 Å². The van der Waals surface area contributed by atoms with Crippen LogP contribution < -0.4 is 5.32 Å². The predicted molar refractivity (Wildman–Crippen MR) is 95.9 cm³/mol. The third-order valence-electron chi connectivity index (χ3n) is 5.74. The Morgan fingerprint density at radius 1 is 1.12 bits per heavy atom. The van der Waals surface area contributed by atoms with Crippen molar-refractivity contribution in [3.05, 3.63) is 35.9 Å². The Hall–Kier alpha value is -1.39. The second kappa shape index (κ2) is 8.13. The smallest absolute Gasteiger partial charge is 0.230 e. The van der Waals surface area contributed by atoms with Gasteiger partial charge < -0.3 is 15.3 Å². The number of hydrogen-bond donors (Lipinski definition) is 2. The largest absolute Gasteiger partial charge is 0.393 e. The lowest BCUT2D eigenvalue weighted by Gasteiger charge is -2.37. The van der Waals surface area contributed by atoms with Gasteiger partial charge in [-0.05, 0) is 31.2 Å². The van der Waals surface area contributed by atoms with Crippen molar-refractivity contribution in [3.63, 3.8) is 0 Å². The highest BCUT2D eigenvalue weighted by atomic mass is 16.3. The van der Waals surface area contributed by atoms with E-state index in [0.29, 0.717) is 6.54 Å². The molecular formula is C20H30N2O2. The maximum Gasteiger partial charge on any atom is 0.230 e. The topological polar surface area (TPSA) is 52.6 Å². The molecule has 1 aliphatic carbocycles. The van der Waals surface area contributed by atoms with Crippen LogP contribution in [0.1, 0.15) is 50.5 Å². The summed E-state index contributed by atoms with van der Waals surface area (Å²) in [7, 11) is 0. The molecular weight excluding hydrogens is 300 g/mol. The summed E-state index contributed by atoms with van der Waals surface area (Å²) in [6, 6.07) is 10.3. The molecule has 0 spiro atoms. The molecule has 1 saturated heterocycles. The molecule has 4 heteroatoms. The molecule has 2 aliphatic rings. The van der Waals surface area contributed by atoms with Gasteiger partial charge in [0, 0.05) is 26.2 Å². The molecule has 4 nitrogen and oxygen atoms in total. The normalized spacial score (nSPS) is 22.2. The Morgan fingerprint density at radius 2 is 1.79 bits per heavy atom. The van der Waals surface area contributed by atoms with Gasteiger partial charge in [0.1, 0.15) is 0 Å². The fraction of sp³-hybridized carbons (Fsp3) is 0.650. The number of aliphatic hydroxyl groups excluding tert-OH is 1. The summed E-state index contributed by atoms with van der Waals surface area (Å²) >= 11 is 0. The molecule has 132 valence electrons. The molecule has 2 fully saturated rings. The monoisotopic (exact) mass is 330 g/mol. The van der Waals surface area contributed by atoms with E-state index >= 15 is 0 Å². The van der Waals surface area contributed by atoms with Crippen LogP contribution in [0.25, 0.3) is 0 Å². The average molecular weight is 330 g/mol. The van der Waals surface area contributed by atoms with Crippen LogP contribution in [0.3, 0.4) is 0 Å². The first-order valence-electron chi connectivity index (χ1n) is 9.45. The van der Waals surface area contributed by atoms with E-state index in [1.54, 1.807) is 0 Å².